The van der Waals surface area contributed by atoms with Crippen molar-refractivity contribution in [1.29, 1.82) is 0 Å². The predicted molar refractivity (Wildman–Crippen MR) is 63.8 cm³/mol. The molecule has 0 fully saturated rings. The maximum absolute atomic E-state index is 13.0. The molecule has 0 saturated carbocycles. The summed E-state index contributed by atoms with van der Waals surface area (Å²) in [6.45, 7) is 0. The number of aryl methyl sites for hydroxylation is 2. The Morgan fingerprint density at radius 3 is 2.72 bits per heavy atom. The number of aromatic nitrogens is 1. The van der Waals surface area contributed by atoms with Gasteiger partial charge < -0.3 is 9.67 Å². The molecule has 2 rings (SSSR count). The van der Waals surface area contributed by atoms with Crippen molar-refractivity contribution >= 4 is 16.9 Å². The summed E-state index contributed by atoms with van der Waals surface area (Å²) in [7, 11) is 1.83. The molecule has 0 aliphatic rings. The number of hydrogen-bond acceptors (Lipinski definition) is 1. The second kappa shape index (κ2) is 4.40. The molecule has 3 nitrogen and oxygen atoms in total. The smallest absolute Gasteiger partial charge is 0.374 e. The monoisotopic (exact) mass is 253 g/mol. The highest BCUT2D eigenvalue weighted by Crippen LogP contribution is 2.26. The van der Waals surface area contributed by atoms with Crippen LogP contribution in [-0.4, -0.2) is 21.6 Å². The molecule has 0 saturated heterocycles. The largest absolute Gasteiger partial charge is 0.477 e. The Morgan fingerprint density at radius 1 is 1.39 bits per heavy atom. The van der Waals surface area contributed by atoms with Gasteiger partial charge in [0.15, 0.2) is 0 Å². The summed E-state index contributed by atoms with van der Waals surface area (Å²) in [6.07, 6.45) is 1.12. The minimum atomic E-state index is -3.67. The van der Waals surface area contributed by atoms with Crippen LogP contribution in [-0.2, 0) is 18.3 Å². The van der Waals surface area contributed by atoms with Crippen molar-refractivity contribution in [2.75, 3.05) is 0 Å². The molecule has 1 N–H and O–H groups in total. The SMILES string of the molecule is Cn1cc(CCC(F)(F)C(=O)O)c2ccccc21. The van der Waals surface area contributed by atoms with Crippen molar-refractivity contribution in [2.45, 2.75) is 18.8 Å². The second-order valence-corrected chi connectivity index (χ2v) is 4.29. The van der Waals surface area contributed by atoms with E-state index in [0.29, 0.717) is 0 Å². The summed E-state index contributed by atoms with van der Waals surface area (Å²) in [5.74, 6) is -5.74. The van der Waals surface area contributed by atoms with Crippen molar-refractivity contribution in [1.82, 2.24) is 4.57 Å². The van der Waals surface area contributed by atoms with E-state index in [2.05, 4.69) is 0 Å². The molecular weight excluding hydrogens is 240 g/mol. The fraction of sp³-hybridized carbons (Fsp3) is 0.308. The fourth-order valence-electron chi connectivity index (χ4n) is 2.02. The molecule has 1 heterocycles. The van der Waals surface area contributed by atoms with E-state index in [1.54, 1.807) is 6.20 Å². The van der Waals surface area contributed by atoms with Crippen LogP contribution in [0.25, 0.3) is 10.9 Å². The first-order valence-corrected chi connectivity index (χ1v) is 5.56. The summed E-state index contributed by atoms with van der Waals surface area (Å²) >= 11 is 0. The van der Waals surface area contributed by atoms with Gasteiger partial charge in [-0.2, -0.15) is 8.78 Å². The number of nitrogens with zero attached hydrogens (tertiary/aromatic N) is 1. The van der Waals surface area contributed by atoms with Crippen molar-refractivity contribution in [2.24, 2.45) is 7.05 Å². The van der Waals surface area contributed by atoms with Gasteiger partial charge in [-0.05, 0) is 18.1 Å². The van der Waals surface area contributed by atoms with Crippen LogP contribution in [0.3, 0.4) is 0 Å². The van der Waals surface area contributed by atoms with Gasteiger partial charge in [0.1, 0.15) is 0 Å². The Hall–Kier alpha value is -1.91. The third-order valence-electron chi connectivity index (χ3n) is 3.00. The zero-order chi connectivity index (χ0) is 13.3. The molecular formula is C13H13F2NO2. The van der Waals surface area contributed by atoms with Crippen LogP contribution < -0.4 is 0 Å². The van der Waals surface area contributed by atoms with E-state index in [4.69, 9.17) is 5.11 Å². The van der Waals surface area contributed by atoms with Gasteiger partial charge in [0, 0.05) is 30.6 Å². The molecule has 0 atom stereocenters. The van der Waals surface area contributed by atoms with Gasteiger partial charge in [-0.25, -0.2) is 4.79 Å². The van der Waals surface area contributed by atoms with Crippen molar-refractivity contribution in [3.63, 3.8) is 0 Å². The van der Waals surface area contributed by atoms with E-state index in [-0.39, 0.29) is 6.42 Å². The Balaban J connectivity index is 2.25. The standard InChI is InChI=1S/C13H13F2NO2/c1-16-8-9(6-7-13(14,15)12(17)18)10-4-2-3-5-11(10)16/h2-5,8H,6-7H2,1H3,(H,17,18). The molecule has 1 aromatic heterocycles. The first-order valence-electron chi connectivity index (χ1n) is 5.56. The Morgan fingerprint density at radius 2 is 2.06 bits per heavy atom. The van der Waals surface area contributed by atoms with Crippen LogP contribution in [0.4, 0.5) is 8.78 Å². The van der Waals surface area contributed by atoms with Gasteiger partial charge in [0.05, 0.1) is 0 Å². The maximum Gasteiger partial charge on any atom is 0.374 e. The van der Waals surface area contributed by atoms with Gasteiger partial charge in [0.25, 0.3) is 0 Å². The van der Waals surface area contributed by atoms with Gasteiger partial charge >= 0.3 is 11.9 Å². The Labute approximate surface area is 103 Å². The van der Waals surface area contributed by atoms with Crippen LogP contribution >= 0.6 is 0 Å². The Kier molecular flexibility index (Phi) is 3.07. The first kappa shape index (κ1) is 12.5. The average molecular weight is 253 g/mol. The molecule has 2 aromatic rings. The number of rotatable bonds is 4. The molecule has 0 bridgehead atoms. The van der Waals surface area contributed by atoms with Crippen molar-refractivity contribution < 1.29 is 18.7 Å². The van der Waals surface area contributed by atoms with Crippen molar-refractivity contribution in [3.8, 4) is 0 Å². The number of benzene rings is 1. The van der Waals surface area contributed by atoms with E-state index in [0.717, 1.165) is 16.5 Å². The van der Waals surface area contributed by atoms with Crippen molar-refractivity contribution in [3.05, 3.63) is 36.0 Å². The molecule has 1 aromatic carbocycles. The lowest BCUT2D eigenvalue weighted by molar-refractivity contribution is -0.165. The molecule has 5 heteroatoms. The third kappa shape index (κ3) is 2.20. The lowest BCUT2D eigenvalue weighted by atomic mass is 10.1. The molecule has 0 unspecified atom stereocenters. The lowest BCUT2D eigenvalue weighted by Crippen LogP contribution is -2.28. The minimum Gasteiger partial charge on any atom is -0.477 e. The summed E-state index contributed by atoms with van der Waals surface area (Å²) < 4.78 is 27.9. The number of carboxylic acids is 1. The molecule has 96 valence electrons. The van der Waals surface area contributed by atoms with Crippen LogP contribution in [0.5, 0.6) is 0 Å². The van der Waals surface area contributed by atoms with Crippen LogP contribution in [0.1, 0.15) is 12.0 Å². The summed E-state index contributed by atoms with van der Waals surface area (Å²) in [4.78, 5) is 10.4. The fourth-order valence-corrected chi connectivity index (χ4v) is 2.02. The number of aliphatic carboxylic acids is 1. The number of carbonyl (C=O) groups is 1. The highest BCUT2D eigenvalue weighted by Gasteiger charge is 2.38. The topological polar surface area (TPSA) is 42.2 Å². The molecule has 0 amide bonds. The van der Waals surface area contributed by atoms with E-state index >= 15 is 0 Å². The van der Waals surface area contributed by atoms with Crippen LogP contribution in [0, 0.1) is 0 Å². The number of carboxylic acid groups (broad SMARTS) is 1. The number of alkyl halides is 2. The van der Waals surface area contributed by atoms with E-state index in [9.17, 15) is 13.6 Å². The third-order valence-corrected chi connectivity index (χ3v) is 3.00. The Bertz CT molecular complexity index is 590. The molecule has 0 radical (unpaired) electrons. The zero-order valence-electron chi connectivity index (χ0n) is 9.86. The van der Waals surface area contributed by atoms with Gasteiger partial charge in [0.2, 0.25) is 0 Å². The van der Waals surface area contributed by atoms with E-state index < -0.39 is 18.3 Å². The molecule has 0 aliphatic carbocycles. The quantitative estimate of drug-likeness (QED) is 0.910. The predicted octanol–water partition coefficient (Wildman–Crippen LogP) is 2.83. The van der Waals surface area contributed by atoms with Crippen LogP contribution in [0.2, 0.25) is 0 Å². The lowest BCUT2D eigenvalue weighted by Gasteiger charge is -2.09. The highest BCUT2D eigenvalue weighted by molar-refractivity contribution is 5.84. The molecule has 0 spiro atoms. The average Bonchev–Trinajstić information content (AvgIpc) is 2.65. The van der Waals surface area contributed by atoms with Crippen LogP contribution in [0.15, 0.2) is 30.5 Å². The van der Waals surface area contributed by atoms with E-state index in [1.165, 1.54) is 0 Å². The summed E-state index contributed by atoms with van der Waals surface area (Å²) in [6, 6.07) is 7.46. The minimum absolute atomic E-state index is 0.0423. The zero-order valence-corrected chi connectivity index (χ0v) is 9.86. The maximum atomic E-state index is 13.0. The highest BCUT2D eigenvalue weighted by atomic mass is 19.3. The normalized spacial score (nSPS) is 11.9. The number of para-hydroxylation sites is 1. The van der Waals surface area contributed by atoms with Gasteiger partial charge in [-0.1, -0.05) is 18.2 Å². The summed E-state index contributed by atoms with van der Waals surface area (Å²) in [5, 5.41) is 9.27. The molecule has 0 aliphatic heterocycles. The number of halogens is 2. The van der Waals surface area contributed by atoms with Gasteiger partial charge in [-0.3, -0.25) is 0 Å². The van der Waals surface area contributed by atoms with Gasteiger partial charge in [-0.15, -0.1) is 0 Å². The number of fused-ring (bicyclic) bond motifs is 1. The molecule has 18 heavy (non-hydrogen) atoms. The number of hydrogen-bond donors (Lipinski definition) is 1. The summed E-state index contributed by atoms with van der Waals surface area (Å²) in [5.41, 5.74) is 1.69. The second-order valence-electron chi connectivity index (χ2n) is 4.29. The van der Waals surface area contributed by atoms with E-state index in [1.807, 2.05) is 35.9 Å². The first-order chi connectivity index (χ1) is 8.42.